The minimum atomic E-state index is -3.14. The van der Waals surface area contributed by atoms with Crippen molar-refractivity contribution in [1.82, 2.24) is 0 Å². The number of aliphatic hydroxyl groups excluding tert-OH is 1. The fourth-order valence-electron chi connectivity index (χ4n) is 4.41. The minimum absolute atomic E-state index is 0.133. The highest BCUT2D eigenvalue weighted by molar-refractivity contribution is 7.92. The molecule has 0 bridgehead atoms. The highest BCUT2D eigenvalue weighted by Gasteiger charge is 2.47. The number of ether oxygens (including phenoxy) is 1. The largest absolute Gasteiger partial charge is 0.459 e. The molecule has 0 aliphatic carbocycles. The molecule has 2 aromatic rings. The van der Waals surface area contributed by atoms with Gasteiger partial charge in [0.15, 0.2) is 9.84 Å². The standard InChI is InChI=1S/C24H28O5S/c1-16(2)21-15-30(26,27)23-14-28-22(24(21)23)11-8-18(17-6-4-3-5-7-17)12-19-9-10-20(13-25)29-19/h3-7,9-10,12,16,22-23,25H,8,11,13-15H2,1-2H3/b18-12-/t22-,23+/m1/s1. The van der Waals surface area contributed by atoms with E-state index in [0.29, 0.717) is 17.9 Å². The van der Waals surface area contributed by atoms with Crippen molar-refractivity contribution in [3.05, 3.63) is 70.7 Å². The minimum Gasteiger partial charge on any atom is -0.459 e. The van der Waals surface area contributed by atoms with Crippen LogP contribution >= 0.6 is 0 Å². The van der Waals surface area contributed by atoms with E-state index in [1.165, 1.54) is 0 Å². The number of rotatable bonds is 7. The average molecular weight is 429 g/mol. The Balaban J connectivity index is 1.59. The molecule has 1 saturated heterocycles. The highest BCUT2D eigenvalue weighted by Crippen LogP contribution is 2.41. The van der Waals surface area contributed by atoms with Gasteiger partial charge in [-0.15, -0.1) is 0 Å². The van der Waals surface area contributed by atoms with Crippen LogP contribution in [0.2, 0.25) is 0 Å². The van der Waals surface area contributed by atoms with Crippen molar-refractivity contribution in [3.63, 3.8) is 0 Å². The van der Waals surface area contributed by atoms with E-state index in [1.54, 1.807) is 6.07 Å². The van der Waals surface area contributed by atoms with Crippen molar-refractivity contribution in [2.75, 3.05) is 12.4 Å². The van der Waals surface area contributed by atoms with Crippen LogP contribution in [0.25, 0.3) is 11.6 Å². The van der Waals surface area contributed by atoms with Gasteiger partial charge in [-0.05, 0) is 59.3 Å². The zero-order valence-corrected chi connectivity index (χ0v) is 18.2. The molecule has 160 valence electrons. The van der Waals surface area contributed by atoms with E-state index in [1.807, 2.05) is 30.3 Å². The van der Waals surface area contributed by atoms with Crippen molar-refractivity contribution in [3.8, 4) is 0 Å². The van der Waals surface area contributed by atoms with E-state index in [9.17, 15) is 13.5 Å². The van der Waals surface area contributed by atoms with E-state index in [0.717, 1.165) is 28.7 Å². The van der Waals surface area contributed by atoms with Crippen LogP contribution in [0.4, 0.5) is 0 Å². The van der Waals surface area contributed by atoms with Gasteiger partial charge in [0.1, 0.15) is 23.4 Å². The lowest BCUT2D eigenvalue weighted by Gasteiger charge is -2.17. The van der Waals surface area contributed by atoms with Gasteiger partial charge in [-0.2, -0.15) is 0 Å². The molecule has 30 heavy (non-hydrogen) atoms. The summed E-state index contributed by atoms with van der Waals surface area (Å²) in [5.41, 5.74) is 4.21. The number of aliphatic hydroxyl groups is 1. The van der Waals surface area contributed by atoms with Crippen molar-refractivity contribution in [2.24, 2.45) is 5.92 Å². The van der Waals surface area contributed by atoms with E-state index in [4.69, 9.17) is 9.15 Å². The average Bonchev–Trinajstić information content (AvgIpc) is 3.42. The number of hydrogen-bond donors (Lipinski definition) is 1. The quantitative estimate of drug-likeness (QED) is 0.668. The molecule has 3 heterocycles. The maximum atomic E-state index is 12.6. The number of allylic oxidation sites excluding steroid dienone is 1. The number of hydrogen-bond acceptors (Lipinski definition) is 5. The fourth-order valence-corrected chi connectivity index (χ4v) is 6.52. The number of fused-ring (bicyclic) bond motifs is 1. The lowest BCUT2D eigenvalue weighted by molar-refractivity contribution is 0.118. The molecular formula is C24H28O5S. The number of sulfone groups is 1. The van der Waals surface area contributed by atoms with Gasteiger partial charge in [0.25, 0.3) is 0 Å². The van der Waals surface area contributed by atoms with Crippen LogP contribution in [0.5, 0.6) is 0 Å². The third kappa shape index (κ3) is 4.17. The zero-order chi connectivity index (χ0) is 21.3. The molecule has 0 spiro atoms. The second-order valence-electron chi connectivity index (χ2n) is 8.29. The van der Waals surface area contributed by atoms with Crippen molar-refractivity contribution in [2.45, 2.75) is 44.6 Å². The molecule has 5 nitrogen and oxygen atoms in total. The first-order chi connectivity index (χ1) is 14.4. The Morgan fingerprint density at radius 3 is 2.63 bits per heavy atom. The van der Waals surface area contributed by atoms with Crippen molar-refractivity contribution < 1.29 is 22.7 Å². The molecular weight excluding hydrogens is 400 g/mol. The summed E-state index contributed by atoms with van der Waals surface area (Å²) in [7, 11) is -3.14. The summed E-state index contributed by atoms with van der Waals surface area (Å²) in [6.07, 6.45) is 3.27. The number of benzene rings is 1. The second kappa shape index (κ2) is 8.53. The Hall–Kier alpha value is -2.15. The summed E-state index contributed by atoms with van der Waals surface area (Å²) in [6.45, 7) is 4.24. The van der Waals surface area contributed by atoms with Crippen LogP contribution in [0.3, 0.4) is 0 Å². The molecule has 0 saturated carbocycles. The molecule has 6 heteroatoms. The molecule has 2 aliphatic rings. The Kier molecular flexibility index (Phi) is 6.00. The highest BCUT2D eigenvalue weighted by atomic mass is 32.2. The molecule has 2 aliphatic heterocycles. The Morgan fingerprint density at radius 1 is 1.20 bits per heavy atom. The van der Waals surface area contributed by atoms with Crippen molar-refractivity contribution >= 4 is 21.5 Å². The monoisotopic (exact) mass is 428 g/mol. The fraction of sp³-hybridized carbons (Fsp3) is 0.417. The summed E-state index contributed by atoms with van der Waals surface area (Å²) < 4.78 is 36.8. The van der Waals surface area contributed by atoms with Crippen LogP contribution in [-0.2, 0) is 21.2 Å². The molecule has 1 fully saturated rings. The molecule has 0 radical (unpaired) electrons. The zero-order valence-electron chi connectivity index (χ0n) is 17.4. The van der Waals surface area contributed by atoms with Crippen LogP contribution in [0.1, 0.15) is 43.8 Å². The van der Waals surface area contributed by atoms with Gasteiger partial charge < -0.3 is 14.3 Å². The second-order valence-corrected chi connectivity index (χ2v) is 10.5. The maximum Gasteiger partial charge on any atom is 0.163 e. The Bertz CT molecular complexity index is 1060. The Labute approximate surface area is 178 Å². The summed E-state index contributed by atoms with van der Waals surface area (Å²) in [6, 6.07) is 13.7. The predicted octanol–water partition coefficient (Wildman–Crippen LogP) is 4.24. The molecule has 4 rings (SSSR count). The van der Waals surface area contributed by atoms with Gasteiger partial charge >= 0.3 is 0 Å². The van der Waals surface area contributed by atoms with Crippen LogP contribution in [0, 0.1) is 5.92 Å². The summed E-state index contributed by atoms with van der Waals surface area (Å²) >= 11 is 0. The first-order valence-electron chi connectivity index (χ1n) is 10.4. The maximum absolute atomic E-state index is 12.6. The van der Waals surface area contributed by atoms with Crippen LogP contribution in [-0.4, -0.2) is 37.2 Å². The van der Waals surface area contributed by atoms with Gasteiger partial charge in [0.2, 0.25) is 0 Å². The third-order valence-corrected chi connectivity index (χ3v) is 7.95. The lowest BCUT2D eigenvalue weighted by atomic mass is 9.91. The van der Waals surface area contributed by atoms with Crippen LogP contribution < -0.4 is 0 Å². The number of furan rings is 1. The van der Waals surface area contributed by atoms with Crippen LogP contribution in [0.15, 0.2) is 58.0 Å². The van der Waals surface area contributed by atoms with E-state index in [-0.39, 0.29) is 31.0 Å². The molecule has 1 aromatic carbocycles. The first kappa shape index (κ1) is 21.1. The van der Waals surface area contributed by atoms with Gasteiger partial charge in [-0.3, -0.25) is 0 Å². The van der Waals surface area contributed by atoms with E-state index >= 15 is 0 Å². The normalized spacial score (nSPS) is 23.4. The molecule has 0 amide bonds. The molecule has 1 N–H and O–H groups in total. The lowest BCUT2D eigenvalue weighted by Crippen LogP contribution is -2.19. The topological polar surface area (TPSA) is 76.7 Å². The summed E-state index contributed by atoms with van der Waals surface area (Å²) in [5.74, 6) is 1.59. The molecule has 1 aromatic heterocycles. The van der Waals surface area contributed by atoms with E-state index in [2.05, 4.69) is 26.0 Å². The summed E-state index contributed by atoms with van der Waals surface area (Å²) in [5, 5.41) is 8.79. The van der Waals surface area contributed by atoms with Gasteiger partial charge in [0, 0.05) is 0 Å². The smallest absolute Gasteiger partial charge is 0.163 e. The van der Waals surface area contributed by atoms with Gasteiger partial charge in [-0.25, -0.2) is 8.42 Å². The van der Waals surface area contributed by atoms with Gasteiger partial charge in [-0.1, -0.05) is 44.2 Å². The summed E-state index contributed by atoms with van der Waals surface area (Å²) in [4.78, 5) is 0. The predicted molar refractivity (Wildman–Crippen MR) is 117 cm³/mol. The van der Waals surface area contributed by atoms with Crippen molar-refractivity contribution in [1.29, 1.82) is 0 Å². The van der Waals surface area contributed by atoms with E-state index < -0.39 is 15.1 Å². The Morgan fingerprint density at radius 2 is 1.97 bits per heavy atom. The molecule has 0 unspecified atom stereocenters. The first-order valence-corrected chi connectivity index (χ1v) is 12.1. The molecule has 2 atom stereocenters. The third-order valence-electron chi connectivity index (χ3n) is 5.98. The van der Waals surface area contributed by atoms with Gasteiger partial charge in [0.05, 0.1) is 18.5 Å². The SMILES string of the molecule is CC(C)C1=C2[C@@H](CC/C(=C/c3ccc(CO)o3)c3ccccc3)OC[C@@H]2S(=O)(=O)C1.